The van der Waals surface area contributed by atoms with Gasteiger partial charge in [-0.05, 0) is 30.0 Å². The Kier molecular flexibility index (Phi) is 4.20. The fourth-order valence-electron chi connectivity index (χ4n) is 3.47. The van der Waals surface area contributed by atoms with Gasteiger partial charge in [0.2, 0.25) is 0 Å². The minimum atomic E-state index is -0.389. The molecule has 4 heteroatoms. The Morgan fingerprint density at radius 3 is 2.76 bits per heavy atom. The molecule has 1 aliphatic carbocycles. The van der Waals surface area contributed by atoms with Crippen LogP contribution in [-0.4, -0.2) is 17.3 Å². The Morgan fingerprint density at radius 2 is 2.10 bits per heavy atom. The second-order valence-corrected chi connectivity index (χ2v) is 6.19. The molecule has 0 spiro atoms. The summed E-state index contributed by atoms with van der Waals surface area (Å²) in [5.41, 5.74) is 2.45. The molecule has 1 aromatic carbocycles. The van der Waals surface area contributed by atoms with E-state index in [1.165, 1.54) is 32.1 Å². The maximum absolute atomic E-state index is 11.9. The van der Waals surface area contributed by atoms with Crippen molar-refractivity contribution < 1.29 is 9.53 Å². The van der Waals surface area contributed by atoms with E-state index in [0.29, 0.717) is 11.5 Å². The van der Waals surface area contributed by atoms with Crippen molar-refractivity contribution in [3.05, 3.63) is 29.5 Å². The molecule has 0 bridgehead atoms. The summed E-state index contributed by atoms with van der Waals surface area (Å²) in [7, 11) is 1.64. The molecule has 3 rings (SSSR count). The first kappa shape index (κ1) is 14.5. The van der Waals surface area contributed by atoms with E-state index < -0.39 is 0 Å². The van der Waals surface area contributed by atoms with E-state index in [2.05, 4.69) is 4.98 Å². The molecule has 112 valence electrons. The highest BCUT2D eigenvalue weighted by Crippen LogP contribution is 2.34. The van der Waals surface area contributed by atoms with Gasteiger partial charge in [0.05, 0.1) is 18.2 Å². The average Bonchev–Trinajstić information content (AvgIpc) is 2.86. The Labute approximate surface area is 129 Å². The number of rotatable bonds is 4. The van der Waals surface area contributed by atoms with E-state index in [0.717, 1.165) is 28.8 Å². The summed E-state index contributed by atoms with van der Waals surface area (Å²) in [6.07, 6.45) is 7.28. The molecule has 0 aliphatic heterocycles. The first-order valence-electron chi connectivity index (χ1n) is 7.58. The van der Waals surface area contributed by atoms with E-state index in [4.69, 9.17) is 16.3 Å². The summed E-state index contributed by atoms with van der Waals surface area (Å²) < 4.78 is 5.38. The summed E-state index contributed by atoms with van der Waals surface area (Å²) >= 11 is 5.84. The molecule has 0 unspecified atom stereocenters. The third-order valence-corrected chi connectivity index (χ3v) is 4.70. The second-order valence-electron chi connectivity index (χ2n) is 5.84. The maximum Gasteiger partial charge on any atom is 0.254 e. The van der Waals surface area contributed by atoms with Gasteiger partial charge in [-0.25, -0.2) is 0 Å². The molecule has 2 aromatic rings. The predicted molar refractivity (Wildman–Crippen MR) is 85.3 cm³/mol. The molecular weight excluding hydrogens is 286 g/mol. The SMILES string of the molecule is COc1cccc2c(C(=O)Cl)c(CC3CCCCC3)[nH]c12. The van der Waals surface area contributed by atoms with Crippen molar-refractivity contribution in [2.75, 3.05) is 7.11 Å². The van der Waals surface area contributed by atoms with Gasteiger partial charge in [0, 0.05) is 11.1 Å². The van der Waals surface area contributed by atoms with Crippen molar-refractivity contribution in [3.8, 4) is 5.75 Å². The van der Waals surface area contributed by atoms with Crippen molar-refractivity contribution in [1.82, 2.24) is 4.98 Å². The van der Waals surface area contributed by atoms with Gasteiger partial charge in [-0.3, -0.25) is 4.79 Å². The highest BCUT2D eigenvalue weighted by Gasteiger charge is 2.22. The first-order chi connectivity index (χ1) is 10.2. The van der Waals surface area contributed by atoms with Crippen LogP contribution < -0.4 is 4.74 Å². The number of para-hydroxylation sites is 1. The number of benzene rings is 1. The number of hydrogen-bond acceptors (Lipinski definition) is 2. The van der Waals surface area contributed by atoms with E-state index in [-0.39, 0.29) is 5.24 Å². The van der Waals surface area contributed by atoms with Gasteiger partial charge in [0.25, 0.3) is 5.24 Å². The standard InChI is InChI=1S/C17H20ClNO2/c1-21-14-9-5-8-12-15(17(18)20)13(19-16(12)14)10-11-6-3-2-4-7-11/h5,8-9,11,19H,2-4,6-7,10H2,1H3. The van der Waals surface area contributed by atoms with Gasteiger partial charge in [-0.1, -0.05) is 44.2 Å². The zero-order chi connectivity index (χ0) is 14.8. The number of fused-ring (bicyclic) bond motifs is 1. The number of aromatic nitrogens is 1. The van der Waals surface area contributed by atoms with Crippen molar-refractivity contribution in [1.29, 1.82) is 0 Å². The molecule has 3 nitrogen and oxygen atoms in total. The lowest BCUT2D eigenvalue weighted by atomic mass is 9.85. The predicted octanol–water partition coefficient (Wildman–Crippen LogP) is 4.68. The summed E-state index contributed by atoms with van der Waals surface area (Å²) in [6, 6.07) is 5.71. The Bertz CT molecular complexity index is 656. The number of nitrogens with one attached hydrogen (secondary N) is 1. The number of carbonyl (C=O) groups excluding carboxylic acids is 1. The largest absolute Gasteiger partial charge is 0.495 e. The molecule has 1 N–H and O–H groups in total. The molecule has 1 fully saturated rings. The molecule has 0 saturated heterocycles. The lowest BCUT2D eigenvalue weighted by molar-refractivity contribution is 0.108. The highest BCUT2D eigenvalue weighted by atomic mass is 35.5. The third kappa shape index (κ3) is 2.80. The van der Waals surface area contributed by atoms with Crippen LogP contribution >= 0.6 is 11.6 Å². The molecule has 1 aliphatic rings. The Hall–Kier alpha value is -1.48. The smallest absolute Gasteiger partial charge is 0.254 e. The van der Waals surface area contributed by atoms with Gasteiger partial charge in [-0.2, -0.15) is 0 Å². The van der Waals surface area contributed by atoms with Gasteiger partial charge >= 0.3 is 0 Å². The minimum absolute atomic E-state index is 0.389. The van der Waals surface area contributed by atoms with Crippen LogP contribution in [0.3, 0.4) is 0 Å². The molecule has 1 aromatic heterocycles. The number of aromatic amines is 1. The van der Waals surface area contributed by atoms with E-state index in [1.54, 1.807) is 7.11 Å². The lowest BCUT2D eigenvalue weighted by Crippen LogP contribution is -2.11. The van der Waals surface area contributed by atoms with Crippen LogP contribution in [0.25, 0.3) is 10.9 Å². The number of ether oxygens (including phenoxy) is 1. The fourth-order valence-corrected chi connectivity index (χ4v) is 3.69. The van der Waals surface area contributed by atoms with E-state index in [9.17, 15) is 4.79 Å². The van der Waals surface area contributed by atoms with Gasteiger partial charge in [0.1, 0.15) is 5.75 Å². The van der Waals surface area contributed by atoms with Gasteiger partial charge in [-0.15, -0.1) is 0 Å². The summed E-state index contributed by atoms with van der Waals surface area (Å²) in [4.78, 5) is 15.3. The fraction of sp³-hybridized carbons (Fsp3) is 0.471. The Morgan fingerprint density at radius 1 is 1.33 bits per heavy atom. The number of methoxy groups -OCH3 is 1. The summed E-state index contributed by atoms with van der Waals surface area (Å²) in [5.74, 6) is 1.40. The van der Waals surface area contributed by atoms with Crippen LogP contribution in [0.2, 0.25) is 0 Å². The highest BCUT2D eigenvalue weighted by molar-refractivity contribution is 6.68. The minimum Gasteiger partial charge on any atom is -0.495 e. The molecular formula is C17H20ClNO2. The van der Waals surface area contributed by atoms with Crippen molar-refractivity contribution in [2.24, 2.45) is 5.92 Å². The number of halogens is 1. The zero-order valence-electron chi connectivity index (χ0n) is 12.2. The van der Waals surface area contributed by atoms with Crippen LogP contribution in [0, 0.1) is 5.92 Å². The third-order valence-electron chi connectivity index (χ3n) is 4.51. The second kappa shape index (κ2) is 6.10. The van der Waals surface area contributed by atoms with Crippen molar-refractivity contribution in [3.63, 3.8) is 0 Å². The molecule has 0 atom stereocenters. The Balaban J connectivity index is 2.03. The van der Waals surface area contributed by atoms with Gasteiger partial charge in [0.15, 0.2) is 0 Å². The van der Waals surface area contributed by atoms with E-state index >= 15 is 0 Å². The summed E-state index contributed by atoms with van der Waals surface area (Å²) in [5, 5.41) is 0.473. The topological polar surface area (TPSA) is 42.1 Å². The monoisotopic (exact) mass is 305 g/mol. The van der Waals surface area contributed by atoms with Crippen molar-refractivity contribution >= 4 is 27.7 Å². The van der Waals surface area contributed by atoms with Crippen molar-refractivity contribution in [2.45, 2.75) is 38.5 Å². The molecule has 21 heavy (non-hydrogen) atoms. The number of carbonyl (C=O) groups is 1. The number of hydrogen-bond donors (Lipinski definition) is 1. The average molecular weight is 306 g/mol. The normalized spacial score (nSPS) is 16.3. The van der Waals surface area contributed by atoms with Crippen LogP contribution in [0.1, 0.15) is 48.2 Å². The lowest BCUT2D eigenvalue weighted by Gasteiger charge is -2.21. The van der Waals surface area contributed by atoms with Crippen LogP contribution in [0.4, 0.5) is 0 Å². The zero-order valence-corrected chi connectivity index (χ0v) is 13.0. The summed E-state index contributed by atoms with van der Waals surface area (Å²) in [6.45, 7) is 0. The molecule has 1 heterocycles. The molecule has 0 radical (unpaired) electrons. The van der Waals surface area contributed by atoms with E-state index in [1.807, 2.05) is 18.2 Å². The van der Waals surface area contributed by atoms with Gasteiger partial charge < -0.3 is 9.72 Å². The van der Waals surface area contributed by atoms with Crippen LogP contribution in [0.5, 0.6) is 5.75 Å². The molecule has 1 saturated carbocycles. The first-order valence-corrected chi connectivity index (χ1v) is 7.96. The maximum atomic E-state index is 11.9. The van der Waals surface area contributed by atoms with Crippen LogP contribution in [-0.2, 0) is 6.42 Å². The quantitative estimate of drug-likeness (QED) is 0.833. The van der Waals surface area contributed by atoms with Crippen LogP contribution in [0.15, 0.2) is 18.2 Å². The molecule has 0 amide bonds. The number of H-pyrrole nitrogens is 1.